The van der Waals surface area contributed by atoms with E-state index < -0.39 is 24.4 Å². The fraction of sp³-hybridized carbons (Fsp3) is 0.909. The van der Waals surface area contributed by atoms with Crippen LogP contribution in [0.1, 0.15) is 12.8 Å². The van der Waals surface area contributed by atoms with Gasteiger partial charge in [-0.2, -0.15) is 0 Å². The maximum atomic E-state index is 11.7. The Kier molecular flexibility index (Phi) is 2.45. The molecule has 2 unspecified atom stereocenters. The first-order valence-corrected chi connectivity index (χ1v) is 6.06. The minimum Gasteiger partial charge on any atom is -0.391 e. The lowest BCUT2D eigenvalue weighted by Crippen LogP contribution is -2.59. The molecule has 3 fully saturated rings. The van der Waals surface area contributed by atoms with Crippen molar-refractivity contribution < 1.29 is 20.1 Å². The maximum absolute atomic E-state index is 11.7. The number of amides is 1. The average molecular weight is 242 g/mol. The third-order valence-electron chi connectivity index (χ3n) is 4.55. The number of hydrogen-bond acceptors (Lipinski definition) is 5. The van der Waals surface area contributed by atoms with Crippen LogP contribution in [0.25, 0.3) is 0 Å². The van der Waals surface area contributed by atoms with Gasteiger partial charge < -0.3 is 20.2 Å². The maximum Gasteiger partial charge on any atom is 0.224 e. The molecule has 0 aliphatic carbocycles. The molecule has 6 heteroatoms. The van der Waals surface area contributed by atoms with Crippen LogP contribution >= 0.6 is 0 Å². The molecule has 0 spiro atoms. The van der Waals surface area contributed by atoms with Gasteiger partial charge in [0.2, 0.25) is 5.91 Å². The first kappa shape index (κ1) is 11.4. The predicted molar refractivity (Wildman–Crippen MR) is 58.1 cm³/mol. The number of likely N-dealkylation sites (tertiary alicyclic amines) is 1. The van der Waals surface area contributed by atoms with Gasteiger partial charge in [0.1, 0.15) is 0 Å². The van der Waals surface area contributed by atoms with E-state index in [4.69, 9.17) is 0 Å². The molecule has 3 heterocycles. The second kappa shape index (κ2) is 3.65. The van der Waals surface area contributed by atoms with E-state index in [0.717, 1.165) is 0 Å². The van der Waals surface area contributed by atoms with Crippen molar-refractivity contribution in [3.8, 4) is 0 Å². The molecule has 0 saturated carbocycles. The minimum atomic E-state index is -0.910. The molecular formula is C11H18N2O4. The highest BCUT2D eigenvalue weighted by Crippen LogP contribution is 2.38. The highest BCUT2D eigenvalue weighted by atomic mass is 16.3. The number of fused-ring (bicyclic) bond motifs is 3. The van der Waals surface area contributed by atoms with E-state index >= 15 is 0 Å². The third-order valence-corrected chi connectivity index (χ3v) is 4.55. The summed E-state index contributed by atoms with van der Waals surface area (Å²) < 4.78 is 0. The van der Waals surface area contributed by atoms with Crippen LogP contribution in [0.5, 0.6) is 0 Å². The zero-order valence-corrected chi connectivity index (χ0v) is 9.73. The van der Waals surface area contributed by atoms with Crippen molar-refractivity contribution in [1.29, 1.82) is 0 Å². The lowest BCUT2D eigenvalue weighted by atomic mass is 9.89. The molecular weight excluding hydrogens is 224 g/mol. The van der Waals surface area contributed by atoms with Crippen molar-refractivity contribution in [2.75, 3.05) is 13.6 Å². The van der Waals surface area contributed by atoms with Crippen molar-refractivity contribution >= 4 is 5.91 Å². The van der Waals surface area contributed by atoms with Crippen LogP contribution in [-0.4, -0.2) is 81.1 Å². The summed E-state index contributed by atoms with van der Waals surface area (Å²) in [4.78, 5) is 15.3. The zero-order chi connectivity index (χ0) is 12.3. The normalized spacial score (nSPS) is 50.6. The number of carbonyl (C=O) groups is 1. The molecule has 17 heavy (non-hydrogen) atoms. The number of nitrogens with zero attached hydrogens (tertiary/aromatic N) is 2. The Bertz CT molecular complexity index is 350. The van der Waals surface area contributed by atoms with Gasteiger partial charge in [0.25, 0.3) is 0 Å². The van der Waals surface area contributed by atoms with Gasteiger partial charge >= 0.3 is 0 Å². The van der Waals surface area contributed by atoms with Crippen LogP contribution in [0.15, 0.2) is 0 Å². The molecule has 6 atom stereocenters. The summed E-state index contributed by atoms with van der Waals surface area (Å²) in [6.07, 6.45) is -1.51. The molecule has 3 N–H and O–H groups in total. The lowest BCUT2D eigenvalue weighted by molar-refractivity contribution is -0.128. The molecule has 0 radical (unpaired) electrons. The first-order valence-electron chi connectivity index (χ1n) is 6.06. The quantitative estimate of drug-likeness (QED) is 0.447. The Balaban J connectivity index is 1.90. The van der Waals surface area contributed by atoms with Crippen molar-refractivity contribution in [2.45, 2.75) is 49.3 Å². The lowest BCUT2D eigenvalue weighted by Gasteiger charge is -2.43. The van der Waals surface area contributed by atoms with Crippen LogP contribution in [-0.2, 0) is 4.79 Å². The van der Waals surface area contributed by atoms with E-state index in [1.165, 1.54) is 0 Å². The highest BCUT2D eigenvalue weighted by Gasteiger charge is 2.55. The number of aliphatic hydroxyl groups is 3. The van der Waals surface area contributed by atoms with Gasteiger partial charge in [-0.05, 0) is 6.42 Å². The Morgan fingerprint density at radius 1 is 1.18 bits per heavy atom. The molecule has 1 amide bonds. The van der Waals surface area contributed by atoms with Gasteiger partial charge in [-0.1, -0.05) is 0 Å². The summed E-state index contributed by atoms with van der Waals surface area (Å²) in [5.74, 6) is 0.0729. The van der Waals surface area contributed by atoms with E-state index in [1.807, 2.05) is 4.90 Å². The fourth-order valence-electron chi connectivity index (χ4n) is 3.62. The van der Waals surface area contributed by atoms with E-state index in [-0.39, 0.29) is 18.0 Å². The van der Waals surface area contributed by atoms with E-state index in [9.17, 15) is 20.1 Å². The van der Waals surface area contributed by atoms with Crippen LogP contribution in [0, 0.1) is 0 Å². The van der Waals surface area contributed by atoms with Gasteiger partial charge in [0.15, 0.2) is 0 Å². The molecule has 0 aromatic rings. The number of aliphatic hydroxyl groups excluding tert-OH is 3. The van der Waals surface area contributed by atoms with E-state index in [2.05, 4.69) is 0 Å². The SMILES string of the molecule is CN1C(=O)CC2C1C[C@@H](O)[C@@H]1[C@H](O)[C@H](O)CN21. The second-order valence-electron chi connectivity index (χ2n) is 5.39. The van der Waals surface area contributed by atoms with Gasteiger partial charge in [0.05, 0.1) is 24.4 Å². The van der Waals surface area contributed by atoms with E-state index in [0.29, 0.717) is 19.4 Å². The highest BCUT2D eigenvalue weighted by molar-refractivity contribution is 5.79. The summed E-state index contributed by atoms with van der Waals surface area (Å²) in [5.41, 5.74) is 0. The summed E-state index contributed by atoms with van der Waals surface area (Å²) in [6.45, 7) is 0.338. The fourth-order valence-corrected chi connectivity index (χ4v) is 3.62. The topological polar surface area (TPSA) is 84.2 Å². The van der Waals surface area contributed by atoms with Gasteiger partial charge in [-0.3, -0.25) is 9.69 Å². The number of hydrogen-bond donors (Lipinski definition) is 3. The number of likely N-dealkylation sites (N-methyl/N-ethyl adjacent to an activating group) is 1. The molecule has 96 valence electrons. The van der Waals surface area contributed by atoms with Crippen molar-refractivity contribution in [2.24, 2.45) is 0 Å². The Morgan fingerprint density at radius 2 is 1.88 bits per heavy atom. The number of carbonyl (C=O) groups excluding carboxylic acids is 1. The van der Waals surface area contributed by atoms with Gasteiger partial charge in [0, 0.05) is 32.1 Å². The van der Waals surface area contributed by atoms with Gasteiger partial charge in [-0.15, -0.1) is 0 Å². The standard InChI is InChI=1S/C11H18N2O4/c1-12-5-2-7(14)10-11(17)8(15)4-13(10)6(5)3-9(12)16/h5-8,10-11,14-15,17H,2-4H2,1H3/t5?,6?,7-,8-,10-,11-/m1/s1. The molecule has 3 rings (SSSR count). The summed E-state index contributed by atoms with van der Waals surface area (Å²) >= 11 is 0. The van der Waals surface area contributed by atoms with E-state index in [1.54, 1.807) is 11.9 Å². The van der Waals surface area contributed by atoms with Crippen molar-refractivity contribution in [3.63, 3.8) is 0 Å². The van der Waals surface area contributed by atoms with Crippen LogP contribution < -0.4 is 0 Å². The zero-order valence-electron chi connectivity index (χ0n) is 9.73. The average Bonchev–Trinajstić information content (AvgIpc) is 2.72. The number of rotatable bonds is 0. The van der Waals surface area contributed by atoms with Crippen molar-refractivity contribution in [3.05, 3.63) is 0 Å². The Labute approximate surface area is 99.4 Å². The first-order chi connectivity index (χ1) is 8.00. The third kappa shape index (κ3) is 1.45. The molecule has 3 aliphatic rings. The summed E-state index contributed by atoms with van der Waals surface area (Å²) in [7, 11) is 1.75. The van der Waals surface area contributed by atoms with Crippen molar-refractivity contribution in [1.82, 2.24) is 9.80 Å². The summed E-state index contributed by atoms with van der Waals surface area (Å²) in [6, 6.07) is -0.399. The Hall–Kier alpha value is -0.690. The van der Waals surface area contributed by atoms with Crippen LogP contribution in [0.3, 0.4) is 0 Å². The van der Waals surface area contributed by atoms with Gasteiger partial charge in [-0.25, -0.2) is 0 Å². The number of piperidine rings is 1. The minimum absolute atomic E-state index is 0.00579. The molecule has 0 aromatic heterocycles. The Morgan fingerprint density at radius 3 is 2.59 bits per heavy atom. The molecule has 3 saturated heterocycles. The second-order valence-corrected chi connectivity index (χ2v) is 5.39. The predicted octanol–water partition coefficient (Wildman–Crippen LogP) is -2.24. The van der Waals surface area contributed by atoms with Crippen LogP contribution in [0.4, 0.5) is 0 Å². The molecule has 0 bridgehead atoms. The molecule has 6 nitrogen and oxygen atoms in total. The molecule has 0 aromatic carbocycles. The van der Waals surface area contributed by atoms with Crippen LogP contribution in [0.2, 0.25) is 0 Å². The summed E-state index contributed by atoms with van der Waals surface area (Å²) in [5, 5.41) is 29.6. The molecule has 3 aliphatic heterocycles. The monoisotopic (exact) mass is 242 g/mol. The largest absolute Gasteiger partial charge is 0.391 e. The smallest absolute Gasteiger partial charge is 0.224 e.